The van der Waals surface area contributed by atoms with Crippen molar-refractivity contribution in [3.8, 4) is 11.5 Å². The van der Waals surface area contributed by atoms with Crippen LogP contribution in [0.15, 0.2) is 82.4 Å². The van der Waals surface area contributed by atoms with Crippen molar-refractivity contribution in [1.82, 2.24) is 0 Å². The number of halogens is 1. The van der Waals surface area contributed by atoms with Gasteiger partial charge >= 0.3 is 5.97 Å². The van der Waals surface area contributed by atoms with Crippen molar-refractivity contribution in [2.45, 2.75) is 6.61 Å². The molecule has 0 unspecified atom stereocenters. The topological polar surface area (TPSA) is 126 Å². The van der Waals surface area contributed by atoms with Crippen molar-refractivity contribution < 1.29 is 23.9 Å². The first-order valence-electron chi connectivity index (χ1n) is 9.44. The number of hydrogen-bond acceptors (Lipinski definition) is 6. The highest BCUT2D eigenvalue weighted by atomic mass is 79.9. The number of primary amides is 1. The summed E-state index contributed by atoms with van der Waals surface area (Å²) in [5.74, 6) is -0.0653. The fraction of sp³-hybridized carbons (Fsp3) is 0.0870. The smallest absolute Gasteiger partial charge is 0.365 e. The van der Waals surface area contributed by atoms with Crippen molar-refractivity contribution in [1.29, 1.82) is 0 Å². The highest BCUT2D eigenvalue weighted by Crippen LogP contribution is 2.18. The lowest BCUT2D eigenvalue weighted by molar-refractivity contribution is -0.119. The summed E-state index contributed by atoms with van der Waals surface area (Å²) in [5.41, 5.74) is 12.5. The third-order valence-electron chi connectivity index (χ3n) is 4.14. The molecule has 32 heavy (non-hydrogen) atoms. The molecule has 0 spiro atoms. The van der Waals surface area contributed by atoms with E-state index in [4.69, 9.17) is 25.8 Å². The first-order valence-corrected chi connectivity index (χ1v) is 10.2. The molecular formula is C23H20BrN3O5. The van der Waals surface area contributed by atoms with E-state index in [0.717, 1.165) is 10.0 Å². The monoisotopic (exact) mass is 497 g/mol. The lowest BCUT2D eigenvalue weighted by atomic mass is 10.1. The minimum Gasteiger partial charge on any atom is -0.489 e. The number of amides is 1. The van der Waals surface area contributed by atoms with Crippen molar-refractivity contribution >= 4 is 33.6 Å². The highest BCUT2D eigenvalue weighted by Gasteiger charge is 2.10. The molecule has 9 heteroatoms. The molecule has 0 bridgehead atoms. The van der Waals surface area contributed by atoms with Gasteiger partial charge in [-0.3, -0.25) is 4.79 Å². The van der Waals surface area contributed by atoms with Gasteiger partial charge in [-0.25, -0.2) is 4.79 Å². The lowest BCUT2D eigenvalue weighted by Crippen LogP contribution is -2.20. The summed E-state index contributed by atoms with van der Waals surface area (Å²) in [6.45, 7) is 0.0616. The van der Waals surface area contributed by atoms with Crippen LogP contribution in [0.25, 0.3) is 0 Å². The molecule has 3 rings (SSSR count). The fourth-order valence-electron chi connectivity index (χ4n) is 2.56. The Labute approximate surface area is 192 Å². The van der Waals surface area contributed by atoms with Crippen LogP contribution in [-0.2, 0) is 16.2 Å². The Morgan fingerprint density at radius 3 is 2.19 bits per heavy atom. The van der Waals surface area contributed by atoms with Crippen LogP contribution in [0.4, 0.5) is 0 Å². The molecular weight excluding hydrogens is 478 g/mol. The number of oxime groups is 1. The normalized spacial score (nSPS) is 11.0. The van der Waals surface area contributed by atoms with E-state index in [-0.39, 0.29) is 12.4 Å². The largest absolute Gasteiger partial charge is 0.489 e. The second kappa shape index (κ2) is 11.0. The molecule has 3 aromatic rings. The van der Waals surface area contributed by atoms with Gasteiger partial charge in [0.1, 0.15) is 18.1 Å². The van der Waals surface area contributed by atoms with Gasteiger partial charge in [-0.2, -0.15) is 0 Å². The molecule has 1 amide bonds. The molecule has 4 N–H and O–H groups in total. The predicted octanol–water partition coefficient (Wildman–Crippen LogP) is 3.37. The molecule has 164 valence electrons. The van der Waals surface area contributed by atoms with Gasteiger partial charge in [0.15, 0.2) is 12.4 Å². The van der Waals surface area contributed by atoms with Crippen LogP contribution in [0.2, 0.25) is 0 Å². The van der Waals surface area contributed by atoms with Gasteiger partial charge in [0.05, 0.1) is 5.56 Å². The first kappa shape index (κ1) is 22.8. The molecule has 0 aromatic heterocycles. The van der Waals surface area contributed by atoms with Crippen LogP contribution in [0.5, 0.6) is 11.5 Å². The van der Waals surface area contributed by atoms with Crippen molar-refractivity contribution in [3.05, 3.63) is 94.0 Å². The number of hydrogen-bond donors (Lipinski definition) is 2. The minimum atomic E-state index is -0.653. The minimum absolute atomic E-state index is 0.00882. The Hall–Kier alpha value is -3.85. The number of carbonyl (C=O) groups excluding carboxylic acids is 2. The zero-order valence-electron chi connectivity index (χ0n) is 16.9. The molecule has 0 saturated carbocycles. The van der Waals surface area contributed by atoms with Gasteiger partial charge in [-0.05, 0) is 66.2 Å². The number of amidine groups is 1. The number of benzene rings is 3. The van der Waals surface area contributed by atoms with Crippen molar-refractivity contribution in [2.75, 3.05) is 6.61 Å². The standard InChI is InChI=1S/C23H20BrN3O5/c24-18-6-10-20(11-7-18)30-13-15-2-1-3-17(12-15)23(29)32-27-22(26)16-4-8-19(9-5-16)31-14-21(25)28/h1-12H,13-14H2,(H2,25,28)(H2,26,27). The zero-order valence-corrected chi connectivity index (χ0v) is 18.4. The van der Waals surface area contributed by atoms with Crippen LogP contribution in [0.1, 0.15) is 21.5 Å². The molecule has 0 heterocycles. The summed E-state index contributed by atoms with van der Waals surface area (Å²) in [6.07, 6.45) is 0. The van der Waals surface area contributed by atoms with E-state index < -0.39 is 11.9 Å². The Morgan fingerprint density at radius 1 is 0.844 bits per heavy atom. The third-order valence-corrected chi connectivity index (χ3v) is 4.67. The van der Waals surface area contributed by atoms with Gasteiger partial charge in [0.25, 0.3) is 5.91 Å². The average molecular weight is 498 g/mol. The average Bonchev–Trinajstić information content (AvgIpc) is 2.81. The molecule has 0 atom stereocenters. The Balaban J connectivity index is 1.57. The van der Waals surface area contributed by atoms with E-state index in [0.29, 0.717) is 29.2 Å². The molecule has 0 saturated heterocycles. The van der Waals surface area contributed by atoms with Gasteiger partial charge in [0, 0.05) is 10.0 Å². The van der Waals surface area contributed by atoms with Gasteiger partial charge in [-0.15, -0.1) is 0 Å². The predicted molar refractivity (Wildman–Crippen MR) is 122 cm³/mol. The zero-order chi connectivity index (χ0) is 22.9. The quantitative estimate of drug-likeness (QED) is 0.202. The molecule has 0 aliphatic rings. The lowest BCUT2D eigenvalue weighted by Gasteiger charge is -2.07. The Morgan fingerprint density at radius 2 is 1.50 bits per heavy atom. The second-order valence-corrected chi connectivity index (χ2v) is 7.49. The summed E-state index contributed by atoms with van der Waals surface area (Å²) >= 11 is 3.37. The second-order valence-electron chi connectivity index (χ2n) is 6.58. The Kier molecular flexibility index (Phi) is 7.82. The van der Waals surface area contributed by atoms with E-state index in [1.165, 1.54) is 0 Å². The molecule has 0 aliphatic heterocycles. The maximum atomic E-state index is 12.4. The van der Waals surface area contributed by atoms with Gasteiger partial charge in [0.2, 0.25) is 0 Å². The van der Waals surface area contributed by atoms with Crippen LogP contribution >= 0.6 is 15.9 Å². The molecule has 0 radical (unpaired) electrons. The molecule has 0 fully saturated rings. The van der Waals surface area contributed by atoms with E-state index >= 15 is 0 Å². The van der Waals surface area contributed by atoms with E-state index in [1.807, 2.05) is 30.3 Å². The number of nitrogens with two attached hydrogens (primary N) is 2. The molecule has 3 aromatic carbocycles. The first-order chi connectivity index (χ1) is 15.4. The van der Waals surface area contributed by atoms with E-state index in [2.05, 4.69) is 21.1 Å². The van der Waals surface area contributed by atoms with Crippen LogP contribution in [0, 0.1) is 0 Å². The molecule has 0 aliphatic carbocycles. The van der Waals surface area contributed by atoms with Crippen LogP contribution < -0.4 is 20.9 Å². The molecule has 8 nitrogen and oxygen atoms in total. The van der Waals surface area contributed by atoms with E-state index in [9.17, 15) is 9.59 Å². The fourth-order valence-corrected chi connectivity index (χ4v) is 2.82. The summed E-state index contributed by atoms with van der Waals surface area (Å²) in [4.78, 5) is 28.1. The summed E-state index contributed by atoms with van der Waals surface area (Å²) in [7, 11) is 0. The highest BCUT2D eigenvalue weighted by molar-refractivity contribution is 9.10. The van der Waals surface area contributed by atoms with E-state index in [1.54, 1.807) is 42.5 Å². The van der Waals surface area contributed by atoms with Crippen molar-refractivity contribution in [3.63, 3.8) is 0 Å². The van der Waals surface area contributed by atoms with Crippen LogP contribution in [0.3, 0.4) is 0 Å². The maximum absolute atomic E-state index is 12.4. The van der Waals surface area contributed by atoms with Crippen molar-refractivity contribution in [2.24, 2.45) is 16.6 Å². The summed E-state index contributed by atoms with van der Waals surface area (Å²) in [6, 6.07) is 20.7. The SMILES string of the molecule is NC(=O)COc1ccc(/C(N)=N/OC(=O)c2cccc(COc3ccc(Br)cc3)c2)cc1. The van der Waals surface area contributed by atoms with Crippen LogP contribution in [-0.4, -0.2) is 24.3 Å². The van der Waals surface area contributed by atoms with Gasteiger partial charge in [-0.1, -0.05) is 33.2 Å². The van der Waals surface area contributed by atoms with Gasteiger partial charge < -0.3 is 25.8 Å². The Bertz CT molecular complexity index is 1120. The summed E-state index contributed by atoms with van der Waals surface area (Å²) in [5, 5.41) is 3.70. The number of ether oxygens (including phenoxy) is 2. The third kappa shape index (κ3) is 6.85. The summed E-state index contributed by atoms with van der Waals surface area (Å²) < 4.78 is 11.9. The maximum Gasteiger partial charge on any atom is 0.365 e. The number of rotatable bonds is 9. The number of nitrogens with zero attached hydrogens (tertiary/aromatic N) is 1. The number of carbonyl (C=O) groups is 2.